The van der Waals surface area contributed by atoms with Crippen molar-refractivity contribution in [1.29, 1.82) is 0 Å². The zero-order valence-corrected chi connectivity index (χ0v) is 18.1. The molecule has 0 bridgehead atoms. The molecule has 9 heteroatoms. The van der Waals surface area contributed by atoms with Crippen LogP contribution >= 0.6 is 0 Å². The molecule has 0 spiro atoms. The van der Waals surface area contributed by atoms with Crippen LogP contribution in [0.2, 0.25) is 0 Å². The molecule has 0 unspecified atom stereocenters. The van der Waals surface area contributed by atoms with Crippen molar-refractivity contribution in [2.24, 2.45) is 0 Å². The Morgan fingerprint density at radius 1 is 0.897 bits per heavy atom. The van der Waals surface area contributed by atoms with E-state index in [0.29, 0.717) is 0 Å². The Morgan fingerprint density at radius 2 is 1.38 bits per heavy atom. The van der Waals surface area contributed by atoms with E-state index in [4.69, 9.17) is 23.3 Å². The van der Waals surface area contributed by atoms with E-state index in [-0.39, 0.29) is 26.6 Å². The predicted octanol–water partition coefficient (Wildman–Crippen LogP) is 2.20. The number of benzene rings is 1. The van der Waals surface area contributed by atoms with Gasteiger partial charge in [-0.05, 0) is 18.1 Å². The third kappa shape index (κ3) is 9.91. The van der Waals surface area contributed by atoms with E-state index < -0.39 is 0 Å². The molecule has 0 atom stereocenters. The van der Waals surface area contributed by atoms with Crippen LogP contribution in [0.4, 0.5) is 0 Å². The number of rotatable bonds is 3. The summed E-state index contributed by atoms with van der Waals surface area (Å²) < 4.78 is 41.0. The second kappa shape index (κ2) is 23.4. The van der Waals surface area contributed by atoms with E-state index in [1.807, 2.05) is 41.1 Å². The maximum Gasteiger partial charge on any atom is 0 e. The van der Waals surface area contributed by atoms with Gasteiger partial charge in [0.1, 0.15) is 6.54 Å². The van der Waals surface area contributed by atoms with Crippen LogP contribution in [0, 0.1) is 39.8 Å². The Kier molecular flexibility index (Phi) is 27.4. The molecule has 0 N–H and O–H groups in total. The van der Waals surface area contributed by atoms with E-state index in [1.54, 1.807) is 10.7 Å². The van der Waals surface area contributed by atoms with Gasteiger partial charge in [0.2, 0.25) is 0 Å². The summed E-state index contributed by atoms with van der Waals surface area (Å²) in [6.45, 7) is 27.6. The minimum Gasteiger partial charge on any atom is 0 e. The third-order valence-electron chi connectivity index (χ3n) is 3.10. The number of aromatic nitrogens is 2. The molecule has 1 aromatic carbocycles. The molecular weight excluding hydrogens is 548 g/mol. The molecule has 1 aromatic heterocycles. The van der Waals surface area contributed by atoms with Gasteiger partial charge in [0.25, 0.3) is 5.56 Å². The molecule has 0 fully saturated rings. The van der Waals surface area contributed by atoms with Crippen molar-refractivity contribution >= 4 is 5.70 Å². The Hall–Kier alpha value is -2.64. The molecule has 3 rings (SSSR count). The van der Waals surface area contributed by atoms with Crippen molar-refractivity contribution in [2.75, 3.05) is 0 Å². The molecule has 146 valence electrons. The molecule has 29 heavy (non-hydrogen) atoms. The molecule has 8 nitrogen and oxygen atoms in total. The number of hydrogen-bond donors (Lipinski definition) is 0. The Morgan fingerprint density at radius 3 is 1.83 bits per heavy atom. The van der Waals surface area contributed by atoms with Gasteiger partial charge in [0, 0.05) is 32.8 Å². The van der Waals surface area contributed by atoms with Crippen molar-refractivity contribution < 1.29 is 44.3 Å². The van der Waals surface area contributed by atoms with Gasteiger partial charge < -0.3 is 0 Å². The quantitative estimate of drug-likeness (QED) is 0.413. The first-order valence-corrected chi connectivity index (χ1v) is 7.20. The van der Waals surface area contributed by atoms with E-state index in [0.717, 1.165) is 29.8 Å². The van der Waals surface area contributed by atoms with Gasteiger partial charge in [-0.25, -0.2) is 4.68 Å². The summed E-state index contributed by atoms with van der Waals surface area (Å²) in [6, 6.07) is 11.8. The maximum absolute atomic E-state index is 11.8. The monoisotopic (exact) mass is 562 g/mol. The number of fused-ring (bicyclic) bond motifs is 1. The van der Waals surface area contributed by atoms with Crippen LogP contribution in [0.5, 0.6) is 0 Å². The summed E-state index contributed by atoms with van der Waals surface area (Å²) in [5.41, 5.74) is 3.15. The number of hydrogen-bond acceptors (Lipinski definition) is 1. The van der Waals surface area contributed by atoms with Crippen molar-refractivity contribution in [3.8, 4) is 0 Å². The van der Waals surface area contributed by atoms with Crippen molar-refractivity contribution in [3.63, 3.8) is 0 Å². The summed E-state index contributed by atoms with van der Waals surface area (Å²) in [6.07, 6.45) is 3.79. The molecule has 2 heterocycles. The van der Waals surface area contributed by atoms with E-state index in [1.165, 1.54) is 0 Å². The summed E-state index contributed by atoms with van der Waals surface area (Å²) in [5, 5.41) is 0. The summed E-state index contributed by atoms with van der Waals surface area (Å²) in [4.78, 5) is 11.8. The standard InChI is InChI=1S/C15H14N2O.5CO.W/c1-2-6-13-11-15(18)16-10-9-14(17(13)16)12-7-4-3-5-8-12;5*1-2;/h3-5,7-9,11H,2,6H2,1H3;;;;;;. The van der Waals surface area contributed by atoms with Crippen LogP contribution in [0.15, 0.2) is 47.3 Å². The fourth-order valence-corrected chi connectivity index (χ4v) is 2.31. The zero-order chi connectivity index (χ0) is 22.5. The van der Waals surface area contributed by atoms with Gasteiger partial charge in [-0.3, -0.25) is 9.48 Å². The summed E-state index contributed by atoms with van der Waals surface area (Å²) in [7, 11) is 0. The average molecular weight is 562 g/mol. The smallest absolute Gasteiger partial charge is 0 e. The molecule has 1 aliphatic rings. The first-order chi connectivity index (χ1) is 13.8. The van der Waals surface area contributed by atoms with Crippen LogP contribution in [-0.2, 0) is 50.7 Å². The maximum atomic E-state index is 11.8. The number of nitrogens with zero attached hydrogens (tertiary/aromatic N) is 2. The second-order valence-corrected chi connectivity index (χ2v) is 4.37. The predicted molar refractivity (Wildman–Crippen MR) is 90.8 cm³/mol. The molecule has 0 saturated carbocycles. The van der Waals surface area contributed by atoms with Crippen molar-refractivity contribution in [1.82, 2.24) is 9.36 Å². The Labute approximate surface area is 183 Å². The first kappa shape index (κ1) is 33.9. The SMILES string of the molecule is CCCc1cc(=O)n2n1C(c1ccccc1)=C[C]2.[C-]#[O+].[C-]#[O+].[C-]#[O+].[C-]#[O+].[C-]#[O+].[W]. The molecule has 2 aromatic rings. The number of allylic oxidation sites excluding steroid dienone is 1. The second-order valence-electron chi connectivity index (χ2n) is 4.37. The van der Waals surface area contributed by atoms with Crippen molar-refractivity contribution in [3.05, 3.63) is 104 Å². The summed E-state index contributed by atoms with van der Waals surface area (Å²) >= 11 is 0. The van der Waals surface area contributed by atoms with Gasteiger partial charge in [-0.15, -0.1) is 0 Å². The van der Waals surface area contributed by atoms with E-state index in [9.17, 15) is 4.79 Å². The van der Waals surface area contributed by atoms with Crippen LogP contribution in [-0.4, -0.2) is 9.36 Å². The van der Waals surface area contributed by atoms with Crippen LogP contribution in [0.1, 0.15) is 24.6 Å². The fraction of sp³-hybridized carbons (Fsp3) is 0.150. The van der Waals surface area contributed by atoms with Gasteiger partial charge in [-0.2, -0.15) is 0 Å². The fourth-order valence-electron chi connectivity index (χ4n) is 2.31. The van der Waals surface area contributed by atoms with Crippen LogP contribution < -0.4 is 5.56 Å². The normalized spacial score (nSPS) is 8.72. The Bertz CT molecular complexity index is 836. The third-order valence-corrected chi connectivity index (χ3v) is 3.10. The first-order valence-electron chi connectivity index (χ1n) is 7.20. The summed E-state index contributed by atoms with van der Waals surface area (Å²) in [5.74, 6) is 0. The minimum atomic E-state index is -0.0133. The topological polar surface area (TPSA) is 126 Å². The molecule has 2 radical (unpaired) electrons. The largest absolute Gasteiger partial charge is 0 e. The zero-order valence-electron chi connectivity index (χ0n) is 15.2. The van der Waals surface area contributed by atoms with Gasteiger partial charge >= 0.3 is 56.5 Å². The molecule has 1 aliphatic heterocycles. The van der Waals surface area contributed by atoms with E-state index in [2.05, 4.69) is 46.7 Å². The van der Waals surface area contributed by atoms with Crippen LogP contribution in [0.25, 0.3) is 5.70 Å². The molecule has 0 aliphatic carbocycles. The van der Waals surface area contributed by atoms with Gasteiger partial charge in [0.15, 0.2) is 0 Å². The van der Waals surface area contributed by atoms with Gasteiger partial charge in [0.05, 0.1) is 5.70 Å². The molecular formula is C20H14N2O6W. The average Bonchev–Trinajstić information content (AvgIpc) is 3.38. The molecule has 0 saturated heterocycles. The Balaban J connectivity index is -0.000000250. The van der Waals surface area contributed by atoms with Gasteiger partial charge in [-0.1, -0.05) is 43.7 Å². The number of aryl methyl sites for hydroxylation is 1. The minimum absolute atomic E-state index is 0. The van der Waals surface area contributed by atoms with Crippen LogP contribution in [0.3, 0.4) is 0 Å². The van der Waals surface area contributed by atoms with Crippen molar-refractivity contribution in [2.45, 2.75) is 19.8 Å². The molecule has 0 amide bonds. The van der Waals surface area contributed by atoms with E-state index >= 15 is 0 Å².